The van der Waals surface area contributed by atoms with E-state index in [0.717, 1.165) is 36.8 Å². The summed E-state index contributed by atoms with van der Waals surface area (Å²) < 4.78 is 11.5. The van der Waals surface area contributed by atoms with Crippen LogP contribution in [0.5, 0.6) is 11.5 Å². The predicted molar refractivity (Wildman–Crippen MR) is 119 cm³/mol. The second kappa shape index (κ2) is 9.64. The summed E-state index contributed by atoms with van der Waals surface area (Å²) in [4.78, 5) is 26.7. The topological polar surface area (TPSA) is 76.1 Å². The molecule has 1 amide bonds. The Hall–Kier alpha value is -2.67. The van der Waals surface area contributed by atoms with Gasteiger partial charge in [-0.1, -0.05) is 49.2 Å². The highest BCUT2D eigenvalue weighted by Crippen LogP contribution is 2.45. The number of methoxy groups -OCH3 is 1. The van der Waals surface area contributed by atoms with Gasteiger partial charge in [-0.2, -0.15) is 0 Å². The summed E-state index contributed by atoms with van der Waals surface area (Å²) in [6.07, 6.45) is 3.74. The number of amides is 1. The number of hydrogen-bond donors (Lipinski definition) is 1. The number of aliphatic carboxylic acids is 1. The molecule has 0 bridgehead atoms. The first-order chi connectivity index (χ1) is 15.1. The summed E-state index contributed by atoms with van der Waals surface area (Å²) in [7, 11) is 1.58. The fraction of sp³-hybridized carbons (Fsp3) is 0.417. The molecule has 1 saturated heterocycles. The molecule has 31 heavy (non-hydrogen) atoms. The van der Waals surface area contributed by atoms with Crippen molar-refractivity contribution >= 4 is 23.6 Å². The molecule has 2 fully saturated rings. The van der Waals surface area contributed by atoms with Crippen molar-refractivity contribution in [2.45, 2.75) is 43.7 Å². The summed E-state index contributed by atoms with van der Waals surface area (Å²) in [5, 5.41) is 9.37. The third kappa shape index (κ3) is 4.66. The van der Waals surface area contributed by atoms with Gasteiger partial charge in [0, 0.05) is 11.7 Å². The number of rotatable bonds is 7. The van der Waals surface area contributed by atoms with E-state index in [4.69, 9.17) is 9.47 Å². The van der Waals surface area contributed by atoms with Gasteiger partial charge in [-0.15, -0.1) is 11.8 Å². The molecule has 2 unspecified atom stereocenters. The summed E-state index contributed by atoms with van der Waals surface area (Å²) in [6, 6.07) is 14.7. The number of nitrogens with zero attached hydrogens (tertiary/aromatic N) is 1. The first-order valence-electron chi connectivity index (χ1n) is 10.6. The number of thioether (sulfide) groups is 1. The van der Waals surface area contributed by atoms with E-state index in [1.54, 1.807) is 12.0 Å². The lowest BCUT2D eigenvalue weighted by Crippen LogP contribution is -2.45. The van der Waals surface area contributed by atoms with Gasteiger partial charge in [0.1, 0.15) is 18.0 Å². The molecule has 6 nitrogen and oxygen atoms in total. The van der Waals surface area contributed by atoms with E-state index in [0.29, 0.717) is 23.9 Å². The molecule has 0 aromatic heterocycles. The fourth-order valence-corrected chi connectivity index (χ4v) is 5.72. The fourth-order valence-electron chi connectivity index (χ4n) is 4.30. The van der Waals surface area contributed by atoms with Crippen molar-refractivity contribution in [2.24, 2.45) is 5.92 Å². The summed E-state index contributed by atoms with van der Waals surface area (Å²) in [5.74, 6) is 0.507. The molecule has 1 aliphatic heterocycles. The maximum atomic E-state index is 13.2. The van der Waals surface area contributed by atoms with Gasteiger partial charge < -0.3 is 19.5 Å². The molecule has 2 atom stereocenters. The summed E-state index contributed by atoms with van der Waals surface area (Å²) >= 11 is 1.49. The van der Waals surface area contributed by atoms with Crippen LogP contribution < -0.4 is 9.47 Å². The molecule has 0 spiro atoms. The van der Waals surface area contributed by atoms with Crippen molar-refractivity contribution in [3.63, 3.8) is 0 Å². The molecule has 1 N–H and O–H groups in total. The van der Waals surface area contributed by atoms with Crippen molar-refractivity contribution in [2.75, 3.05) is 12.9 Å². The third-order valence-electron chi connectivity index (χ3n) is 5.95. The van der Waals surface area contributed by atoms with E-state index < -0.39 is 12.0 Å². The second-order valence-electron chi connectivity index (χ2n) is 7.95. The lowest BCUT2D eigenvalue weighted by atomic mass is 10.0. The number of hydrogen-bond acceptors (Lipinski definition) is 5. The van der Waals surface area contributed by atoms with Crippen molar-refractivity contribution in [3.8, 4) is 11.5 Å². The molecule has 1 heterocycles. The lowest BCUT2D eigenvalue weighted by Gasteiger charge is -2.30. The normalized spacial score (nSPS) is 21.3. The van der Waals surface area contributed by atoms with Crippen LogP contribution in [0, 0.1) is 5.92 Å². The van der Waals surface area contributed by atoms with Gasteiger partial charge in [-0.3, -0.25) is 4.79 Å². The number of carboxylic acid groups (broad SMARTS) is 1. The first kappa shape index (κ1) is 21.6. The minimum atomic E-state index is -0.948. The highest BCUT2D eigenvalue weighted by atomic mass is 32.2. The lowest BCUT2D eigenvalue weighted by molar-refractivity contribution is -0.151. The van der Waals surface area contributed by atoms with E-state index in [-0.39, 0.29) is 17.2 Å². The Morgan fingerprint density at radius 2 is 1.84 bits per heavy atom. The Balaban J connectivity index is 1.56. The van der Waals surface area contributed by atoms with Crippen LogP contribution in [-0.2, 0) is 16.2 Å². The number of ether oxygens (including phenoxy) is 2. The largest absolute Gasteiger partial charge is 0.493 e. The predicted octanol–water partition coefficient (Wildman–Crippen LogP) is 4.49. The van der Waals surface area contributed by atoms with Crippen molar-refractivity contribution < 1.29 is 24.2 Å². The number of carbonyl (C=O) groups is 2. The van der Waals surface area contributed by atoms with Crippen LogP contribution in [0.25, 0.3) is 0 Å². The van der Waals surface area contributed by atoms with E-state index >= 15 is 0 Å². The molecule has 164 valence electrons. The molecule has 2 aromatic carbocycles. The van der Waals surface area contributed by atoms with Crippen LogP contribution in [0.1, 0.15) is 42.2 Å². The van der Waals surface area contributed by atoms with Crippen LogP contribution in [0.2, 0.25) is 0 Å². The zero-order valence-corrected chi connectivity index (χ0v) is 18.3. The SMILES string of the molecule is COc1cc(C2SCC(C(=O)O)N2C(=O)C2CCCC2)ccc1OCc1ccccc1. The zero-order valence-electron chi connectivity index (χ0n) is 17.5. The zero-order chi connectivity index (χ0) is 21.8. The Bertz CT molecular complexity index is 929. The van der Waals surface area contributed by atoms with E-state index in [1.165, 1.54) is 11.8 Å². The molecule has 2 aromatic rings. The van der Waals surface area contributed by atoms with E-state index in [1.807, 2.05) is 48.5 Å². The average molecular weight is 442 g/mol. The van der Waals surface area contributed by atoms with Gasteiger partial charge in [0.05, 0.1) is 7.11 Å². The van der Waals surface area contributed by atoms with Gasteiger partial charge in [-0.05, 0) is 36.1 Å². The van der Waals surface area contributed by atoms with E-state index in [9.17, 15) is 14.7 Å². The van der Waals surface area contributed by atoms with Crippen LogP contribution in [0.4, 0.5) is 0 Å². The summed E-state index contributed by atoms with van der Waals surface area (Å²) in [6.45, 7) is 0.419. The minimum Gasteiger partial charge on any atom is -0.493 e. The standard InChI is InChI=1S/C24H27NO5S/c1-29-21-13-18(11-12-20(21)30-14-16-7-3-2-4-8-16)23-25(19(15-31-23)24(27)28)22(26)17-9-5-6-10-17/h2-4,7-8,11-13,17,19,23H,5-6,9-10,14-15H2,1H3,(H,27,28). The average Bonchev–Trinajstić information content (AvgIpc) is 3.48. The molecular weight excluding hydrogens is 414 g/mol. The Morgan fingerprint density at radius 1 is 1.10 bits per heavy atom. The quantitative estimate of drug-likeness (QED) is 0.682. The molecule has 4 rings (SSSR count). The monoisotopic (exact) mass is 441 g/mol. The van der Waals surface area contributed by atoms with Crippen molar-refractivity contribution in [3.05, 3.63) is 59.7 Å². The van der Waals surface area contributed by atoms with Gasteiger partial charge in [0.25, 0.3) is 0 Å². The Kier molecular flexibility index (Phi) is 6.70. The first-order valence-corrected chi connectivity index (χ1v) is 11.6. The maximum absolute atomic E-state index is 13.2. The highest BCUT2D eigenvalue weighted by Gasteiger charge is 2.44. The maximum Gasteiger partial charge on any atom is 0.327 e. The molecule has 2 aliphatic rings. The smallest absolute Gasteiger partial charge is 0.327 e. The Morgan fingerprint density at radius 3 is 2.52 bits per heavy atom. The van der Waals surface area contributed by atoms with Gasteiger partial charge in [0.2, 0.25) is 5.91 Å². The van der Waals surface area contributed by atoms with Gasteiger partial charge in [0.15, 0.2) is 11.5 Å². The summed E-state index contributed by atoms with van der Waals surface area (Å²) in [5.41, 5.74) is 1.90. The van der Waals surface area contributed by atoms with Crippen molar-refractivity contribution in [1.82, 2.24) is 4.90 Å². The van der Waals surface area contributed by atoms with Crippen LogP contribution in [0.3, 0.4) is 0 Å². The molecule has 0 radical (unpaired) electrons. The number of carboxylic acids is 1. The number of benzene rings is 2. The third-order valence-corrected chi connectivity index (χ3v) is 7.28. The number of carbonyl (C=O) groups excluding carboxylic acids is 1. The minimum absolute atomic E-state index is 0.0386. The molecule has 7 heteroatoms. The second-order valence-corrected chi connectivity index (χ2v) is 9.06. The van der Waals surface area contributed by atoms with Crippen molar-refractivity contribution in [1.29, 1.82) is 0 Å². The van der Waals surface area contributed by atoms with Crippen LogP contribution in [-0.4, -0.2) is 40.8 Å². The molecule has 1 aliphatic carbocycles. The highest BCUT2D eigenvalue weighted by molar-refractivity contribution is 7.99. The van der Waals surface area contributed by atoms with Crippen LogP contribution in [0.15, 0.2) is 48.5 Å². The van der Waals surface area contributed by atoms with E-state index in [2.05, 4.69) is 0 Å². The molecular formula is C24H27NO5S. The van der Waals surface area contributed by atoms with Crippen LogP contribution >= 0.6 is 11.8 Å². The van der Waals surface area contributed by atoms with Gasteiger partial charge in [-0.25, -0.2) is 4.79 Å². The van der Waals surface area contributed by atoms with Gasteiger partial charge >= 0.3 is 5.97 Å². The molecule has 1 saturated carbocycles. The Labute approximate surface area is 186 Å².